The maximum atomic E-state index is 6.40. The third-order valence-corrected chi connectivity index (χ3v) is 4.73. The lowest BCUT2D eigenvalue weighted by Crippen LogP contribution is -2.23. The lowest BCUT2D eigenvalue weighted by atomic mass is 10.1. The Balaban J connectivity index is 1.56. The summed E-state index contributed by atoms with van der Waals surface area (Å²) in [6.45, 7) is 4.89. The van der Waals surface area contributed by atoms with Crippen molar-refractivity contribution in [3.8, 4) is 11.5 Å². The molecule has 1 atom stereocenters. The van der Waals surface area contributed by atoms with Gasteiger partial charge in [0.25, 0.3) is 0 Å². The number of hydrogen-bond acceptors (Lipinski definition) is 6. The van der Waals surface area contributed by atoms with Gasteiger partial charge in [0.05, 0.1) is 24.3 Å². The molecular weight excluding hydrogens is 330 g/mol. The fourth-order valence-electron chi connectivity index (χ4n) is 3.37. The predicted molar refractivity (Wildman–Crippen MR) is 88.5 cm³/mol. The quantitative estimate of drug-likeness (QED) is 0.844. The first-order valence-electron chi connectivity index (χ1n) is 8.33. The molecule has 0 radical (unpaired) electrons. The number of halogens is 1. The zero-order valence-corrected chi connectivity index (χ0v) is 14.4. The first-order valence-corrected chi connectivity index (χ1v) is 8.71. The highest BCUT2D eigenvalue weighted by Crippen LogP contribution is 2.39. The largest absolute Gasteiger partial charge is 0.489 e. The molecule has 1 aromatic carbocycles. The number of rotatable bonds is 3. The molecule has 0 saturated carbocycles. The van der Waals surface area contributed by atoms with Gasteiger partial charge in [-0.05, 0) is 37.1 Å². The number of fused-ring (bicyclic) bond motifs is 1. The molecule has 128 valence electrons. The number of nitrogens with zero attached hydrogens (tertiary/aromatic N) is 3. The second-order valence-electron chi connectivity index (χ2n) is 6.26. The molecule has 0 bridgehead atoms. The van der Waals surface area contributed by atoms with Gasteiger partial charge in [-0.25, -0.2) is 0 Å². The standard InChI is InChI=1S/C17H20ClN3O3/c1-11-19-17(20-24-11)14-4-2-5-21(14)10-12-8-13(18)16-15(9-12)22-6-3-7-23-16/h8-9,14H,2-7,10H2,1H3/t14-/m0/s1. The van der Waals surface area contributed by atoms with E-state index in [1.54, 1.807) is 0 Å². The van der Waals surface area contributed by atoms with Crippen molar-refractivity contribution in [1.29, 1.82) is 0 Å². The molecule has 24 heavy (non-hydrogen) atoms. The SMILES string of the molecule is Cc1nc([C@@H]2CCCN2Cc2cc(Cl)c3c(c2)OCCCO3)no1. The van der Waals surface area contributed by atoms with Crippen molar-refractivity contribution >= 4 is 11.6 Å². The average Bonchev–Trinajstić information content (AvgIpc) is 3.10. The Kier molecular flexibility index (Phi) is 4.33. The normalized spacial score (nSPS) is 21.0. The van der Waals surface area contributed by atoms with E-state index in [4.69, 9.17) is 25.6 Å². The van der Waals surface area contributed by atoms with Crippen LogP contribution in [0.3, 0.4) is 0 Å². The van der Waals surface area contributed by atoms with Gasteiger partial charge in [0.1, 0.15) is 0 Å². The molecule has 7 heteroatoms. The summed E-state index contributed by atoms with van der Waals surface area (Å²) in [6.07, 6.45) is 3.03. The number of hydrogen-bond donors (Lipinski definition) is 0. The topological polar surface area (TPSA) is 60.6 Å². The van der Waals surface area contributed by atoms with Crippen LogP contribution in [0.1, 0.15) is 42.6 Å². The zero-order valence-electron chi connectivity index (χ0n) is 13.6. The van der Waals surface area contributed by atoms with Gasteiger partial charge < -0.3 is 14.0 Å². The molecule has 4 rings (SSSR count). The summed E-state index contributed by atoms with van der Waals surface area (Å²) in [4.78, 5) is 6.76. The minimum atomic E-state index is 0.192. The van der Waals surface area contributed by atoms with E-state index in [2.05, 4.69) is 15.0 Å². The molecule has 6 nitrogen and oxygen atoms in total. The molecule has 1 aromatic heterocycles. The van der Waals surface area contributed by atoms with E-state index in [0.29, 0.717) is 29.9 Å². The van der Waals surface area contributed by atoms with Crippen molar-refractivity contribution in [1.82, 2.24) is 15.0 Å². The van der Waals surface area contributed by atoms with Crippen molar-refractivity contribution in [2.24, 2.45) is 0 Å². The fourth-order valence-corrected chi connectivity index (χ4v) is 3.66. The molecule has 1 saturated heterocycles. The van der Waals surface area contributed by atoms with E-state index in [1.807, 2.05) is 19.1 Å². The summed E-state index contributed by atoms with van der Waals surface area (Å²) < 4.78 is 16.6. The van der Waals surface area contributed by atoms with Crippen molar-refractivity contribution in [2.45, 2.75) is 38.8 Å². The minimum absolute atomic E-state index is 0.192. The highest BCUT2D eigenvalue weighted by atomic mass is 35.5. The maximum absolute atomic E-state index is 6.40. The molecule has 2 aliphatic heterocycles. The number of aromatic nitrogens is 2. The van der Waals surface area contributed by atoms with Crippen LogP contribution in [0.15, 0.2) is 16.7 Å². The van der Waals surface area contributed by atoms with Crippen molar-refractivity contribution in [3.05, 3.63) is 34.4 Å². The minimum Gasteiger partial charge on any atom is -0.489 e. The highest BCUT2D eigenvalue weighted by molar-refractivity contribution is 6.32. The van der Waals surface area contributed by atoms with Gasteiger partial charge in [-0.15, -0.1) is 0 Å². The zero-order chi connectivity index (χ0) is 16.5. The summed E-state index contributed by atoms with van der Waals surface area (Å²) in [6, 6.07) is 4.19. The van der Waals surface area contributed by atoms with E-state index in [-0.39, 0.29) is 6.04 Å². The van der Waals surface area contributed by atoms with Crippen molar-refractivity contribution in [2.75, 3.05) is 19.8 Å². The van der Waals surface area contributed by atoms with Crippen LogP contribution in [0.25, 0.3) is 0 Å². The molecule has 0 N–H and O–H groups in total. The van der Waals surface area contributed by atoms with Crippen LogP contribution in [0.5, 0.6) is 11.5 Å². The van der Waals surface area contributed by atoms with Gasteiger partial charge >= 0.3 is 0 Å². The number of aryl methyl sites for hydroxylation is 1. The smallest absolute Gasteiger partial charge is 0.223 e. The van der Waals surface area contributed by atoms with Gasteiger partial charge in [-0.2, -0.15) is 4.98 Å². The van der Waals surface area contributed by atoms with E-state index >= 15 is 0 Å². The summed E-state index contributed by atoms with van der Waals surface area (Å²) in [5.41, 5.74) is 1.11. The Hall–Kier alpha value is -1.79. The Morgan fingerprint density at radius 3 is 2.96 bits per heavy atom. The average molecular weight is 350 g/mol. The number of ether oxygens (including phenoxy) is 2. The van der Waals surface area contributed by atoms with Gasteiger partial charge in [0.15, 0.2) is 17.3 Å². The van der Waals surface area contributed by atoms with E-state index in [9.17, 15) is 0 Å². The van der Waals surface area contributed by atoms with Gasteiger partial charge in [-0.1, -0.05) is 16.8 Å². The van der Waals surface area contributed by atoms with Crippen LogP contribution in [0.4, 0.5) is 0 Å². The molecular formula is C17H20ClN3O3. The molecule has 0 spiro atoms. The van der Waals surface area contributed by atoms with E-state index in [0.717, 1.165) is 49.5 Å². The number of benzene rings is 1. The number of likely N-dealkylation sites (tertiary alicyclic amines) is 1. The second kappa shape index (κ2) is 6.61. The van der Waals surface area contributed by atoms with Gasteiger partial charge in [0, 0.05) is 19.9 Å². The van der Waals surface area contributed by atoms with Crippen molar-refractivity contribution in [3.63, 3.8) is 0 Å². The molecule has 1 fully saturated rings. The molecule has 3 heterocycles. The molecule has 0 aliphatic carbocycles. The molecule has 2 aromatic rings. The lowest BCUT2D eigenvalue weighted by Gasteiger charge is -2.22. The van der Waals surface area contributed by atoms with E-state index in [1.165, 1.54) is 0 Å². The van der Waals surface area contributed by atoms with Crippen molar-refractivity contribution < 1.29 is 14.0 Å². The van der Waals surface area contributed by atoms with Crippen LogP contribution in [0, 0.1) is 6.92 Å². The first kappa shape index (κ1) is 15.7. The van der Waals surface area contributed by atoms with Gasteiger partial charge in [0.2, 0.25) is 5.89 Å². The first-order chi connectivity index (χ1) is 11.7. The Labute approximate surface area is 145 Å². The van der Waals surface area contributed by atoms with Crippen LogP contribution in [-0.4, -0.2) is 34.8 Å². The summed E-state index contributed by atoms with van der Waals surface area (Å²) in [7, 11) is 0. The summed E-state index contributed by atoms with van der Waals surface area (Å²) >= 11 is 6.40. The Morgan fingerprint density at radius 1 is 1.25 bits per heavy atom. The third-order valence-electron chi connectivity index (χ3n) is 4.45. The van der Waals surface area contributed by atoms with Gasteiger partial charge in [-0.3, -0.25) is 4.90 Å². The monoisotopic (exact) mass is 349 g/mol. The molecule has 0 amide bonds. The van der Waals surface area contributed by atoms with Crippen LogP contribution in [-0.2, 0) is 6.54 Å². The molecule has 2 aliphatic rings. The summed E-state index contributed by atoms with van der Waals surface area (Å²) in [5, 5.41) is 4.70. The second-order valence-corrected chi connectivity index (χ2v) is 6.66. The summed E-state index contributed by atoms with van der Waals surface area (Å²) in [5.74, 6) is 2.77. The maximum Gasteiger partial charge on any atom is 0.223 e. The lowest BCUT2D eigenvalue weighted by molar-refractivity contribution is 0.233. The predicted octanol–water partition coefficient (Wildman–Crippen LogP) is 3.53. The highest BCUT2D eigenvalue weighted by Gasteiger charge is 2.30. The van der Waals surface area contributed by atoms with E-state index < -0.39 is 0 Å². The fraction of sp³-hybridized carbons (Fsp3) is 0.529. The Morgan fingerprint density at radius 2 is 2.12 bits per heavy atom. The molecule has 0 unspecified atom stereocenters. The van der Waals surface area contributed by atoms with Crippen LogP contribution < -0.4 is 9.47 Å². The van der Waals surface area contributed by atoms with Crippen LogP contribution >= 0.6 is 11.6 Å². The Bertz CT molecular complexity index is 734. The third kappa shape index (κ3) is 3.08. The van der Waals surface area contributed by atoms with Crippen LogP contribution in [0.2, 0.25) is 5.02 Å².